The number of hydrogen-bond donors (Lipinski definition) is 2. The highest BCUT2D eigenvalue weighted by Crippen LogP contribution is 2.30. The van der Waals surface area contributed by atoms with Crippen LogP contribution in [0.1, 0.15) is 49.4 Å². The number of benzene rings is 2. The van der Waals surface area contributed by atoms with Crippen LogP contribution in [0, 0.1) is 11.3 Å². The van der Waals surface area contributed by atoms with Crippen LogP contribution < -0.4 is 15.4 Å². The topological polar surface area (TPSA) is 74.1 Å². The van der Waals surface area contributed by atoms with Crippen molar-refractivity contribution in [3.8, 4) is 11.8 Å². The molecule has 2 aromatic rings. The molecule has 0 saturated heterocycles. The van der Waals surface area contributed by atoms with E-state index in [2.05, 4.69) is 28.8 Å². The molecule has 0 spiro atoms. The number of nitriles is 1. The first-order valence-electron chi connectivity index (χ1n) is 8.93. The molecule has 1 aliphatic carbocycles. The SMILES string of the molecule is CC(C)Oc1ccc(C#N)cc1NC(=O)NC1CCCc2ccccc21. The van der Waals surface area contributed by atoms with Gasteiger partial charge in [-0.15, -0.1) is 0 Å². The fourth-order valence-electron chi connectivity index (χ4n) is 3.27. The van der Waals surface area contributed by atoms with Gasteiger partial charge in [0.15, 0.2) is 0 Å². The van der Waals surface area contributed by atoms with Gasteiger partial charge in [0.25, 0.3) is 0 Å². The van der Waals surface area contributed by atoms with Crippen molar-refractivity contribution in [1.82, 2.24) is 5.32 Å². The molecule has 0 radical (unpaired) electrons. The van der Waals surface area contributed by atoms with Gasteiger partial charge in [-0.05, 0) is 62.4 Å². The first kappa shape index (κ1) is 17.8. The van der Waals surface area contributed by atoms with E-state index in [1.807, 2.05) is 26.0 Å². The number of ether oxygens (including phenoxy) is 1. The van der Waals surface area contributed by atoms with E-state index in [9.17, 15) is 4.79 Å². The Morgan fingerprint density at radius 3 is 2.85 bits per heavy atom. The van der Waals surface area contributed by atoms with Gasteiger partial charge in [-0.3, -0.25) is 0 Å². The van der Waals surface area contributed by atoms with Gasteiger partial charge in [0.1, 0.15) is 5.75 Å². The average molecular weight is 349 g/mol. The van der Waals surface area contributed by atoms with Crippen LogP contribution in [0.4, 0.5) is 10.5 Å². The number of fused-ring (bicyclic) bond motifs is 1. The Kier molecular flexibility index (Phi) is 5.43. The molecule has 1 aliphatic rings. The first-order chi connectivity index (χ1) is 12.6. The molecule has 26 heavy (non-hydrogen) atoms. The second kappa shape index (κ2) is 7.92. The lowest BCUT2D eigenvalue weighted by Gasteiger charge is -2.26. The molecule has 0 bridgehead atoms. The summed E-state index contributed by atoms with van der Waals surface area (Å²) >= 11 is 0. The molecular weight excluding hydrogens is 326 g/mol. The Morgan fingerprint density at radius 2 is 2.08 bits per heavy atom. The highest BCUT2D eigenvalue weighted by molar-refractivity contribution is 5.91. The highest BCUT2D eigenvalue weighted by Gasteiger charge is 2.22. The maximum absolute atomic E-state index is 12.6. The molecule has 2 aromatic carbocycles. The minimum absolute atomic E-state index is 0.00596. The van der Waals surface area contributed by atoms with Gasteiger partial charge >= 0.3 is 6.03 Å². The molecule has 134 valence electrons. The van der Waals surface area contributed by atoms with Crippen molar-refractivity contribution in [2.24, 2.45) is 0 Å². The minimum Gasteiger partial charge on any atom is -0.489 e. The van der Waals surface area contributed by atoms with Gasteiger partial charge in [0.05, 0.1) is 29.5 Å². The van der Waals surface area contributed by atoms with E-state index in [0.717, 1.165) is 19.3 Å². The van der Waals surface area contributed by atoms with Crippen LogP contribution in [0.15, 0.2) is 42.5 Å². The number of hydrogen-bond acceptors (Lipinski definition) is 3. The van der Waals surface area contributed by atoms with Crippen molar-refractivity contribution >= 4 is 11.7 Å². The summed E-state index contributed by atoms with van der Waals surface area (Å²) in [6.07, 6.45) is 2.98. The van der Waals surface area contributed by atoms with Crippen LogP contribution in [-0.4, -0.2) is 12.1 Å². The van der Waals surface area contributed by atoms with E-state index < -0.39 is 0 Å². The third-order valence-electron chi connectivity index (χ3n) is 4.39. The van der Waals surface area contributed by atoms with E-state index in [1.54, 1.807) is 18.2 Å². The van der Waals surface area contributed by atoms with Crippen LogP contribution in [-0.2, 0) is 6.42 Å². The van der Waals surface area contributed by atoms with Crippen LogP contribution in [0.5, 0.6) is 5.75 Å². The lowest BCUT2D eigenvalue weighted by atomic mass is 9.88. The molecule has 5 nitrogen and oxygen atoms in total. The Balaban J connectivity index is 1.75. The van der Waals surface area contributed by atoms with Crippen LogP contribution in [0.3, 0.4) is 0 Å². The van der Waals surface area contributed by atoms with Gasteiger partial charge < -0.3 is 15.4 Å². The summed E-state index contributed by atoms with van der Waals surface area (Å²) in [5.74, 6) is 0.554. The Bertz CT molecular complexity index is 839. The Labute approximate surface area is 154 Å². The van der Waals surface area contributed by atoms with Gasteiger partial charge in [0, 0.05) is 0 Å². The standard InChI is InChI=1S/C21H23N3O2/c1-14(2)26-20-11-10-15(13-22)12-19(20)24-21(25)23-18-9-5-7-16-6-3-4-8-17(16)18/h3-4,6,8,10-12,14,18H,5,7,9H2,1-2H3,(H2,23,24,25). The van der Waals surface area contributed by atoms with Gasteiger partial charge in [-0.2, -0.15) is 5.26 Å². The largest absolute Gasteiger partial charge is 0.489 e. The molecule has 1 atom stereocenters. The monoisotopic (exact) mass is 349 g/mol. The molecule has 5 heteroatoms. The summed E-state index contributed by atoms with van der Waals surface area (Å²) in [4.78, 5) is 12.6. The Morgan fingerprint density at radius 1 is 1.27 bits per heavy atom. The molecule has 0 aromatic heterocycles. The van der Waals surface area contributed by atoms with Crippen LogP contribution in [0.2, 0.25) is 0 Å². The molecule has 2 N–H and O–H groups in total. The van der Waals surface area contributed by atoms with Gasteiger partial charge in [-0.1, -0.05) is 24.3 Å². The quantitative estimate of drug-likeness (QED) is 0.851. The number of carbonyl (C=O) groups excluding carboxylic acids is 1. The molecule has 0 aliphatic heterocycles. The van der Waals surface area contributed by atoms with E-state index in [4.69, 9.17) is 10.00 Å². The van der Waals surface area contributed by atoms with E-state index in [1.165, 1.54) is 11.1 Å². The second-order valence-electron chi connectivity index (χ2n) is 6.73. The molecule has 1 unspecified atom stereocenters. The normalized spacial score (nSPS) is 15.7. The zero-order chi connectivity index (χ0) is 18.5. The summed E-state index contributed by atoms with van der Waals surface area (Å²) in [5.41, 5.74) is 3.44. The van der Waals surface area contributed by atoms with Crippen molar-refractivity contribution in [3.63, 3.8) is 0 Å². The zero-order valence-electron chi connectivity index (χ0n) is 15.1. The van der Waals surface area contributed by atoms with E-state index >= 15 is 0 Å². The summed E-state index contributed by atoms with van der Waals surface area (Å²) in [6.45, 7) is 3.84. The molecular formula is C21H23N3O2. The number of amides is 2. The summed E-state index contributed by atoms with van der Waals surface area (Å²) in [6, 6.07) is 15.0. The third kappa shape index (κ3) is 4.15. The fourth-order valence-corrected chi connectivity index (χ4v) is 3.27. The number of rotatable bonds is 4. The smallest absolute Gasteiger partial charge is 0.319 e. The number of nitrogens with zero attached hydrogens (tertiary/aromatic N) is 1. The fraction of sp³-hybridized carbons (Fsp3) is 0.333. The van der Waals surface area contributed by atoms with Gasteiger partial charge in [0.2, 0.25) is 0 Å². The second-order valence-corrected chi connectivity index (χ2v) is 6.73. The number of urea groups is 1. The molecule has 0 heterocycles. The molecule has 0 saturated carbocycles. The van der Waals surface area contributed by atoms with Crippen LogP contribution in [0.25, 0.3) is 0 Å². The number of nitrogens with one attached hydrogen (secondary N) is 2. The lowest BCUT2D eigenvalue weighted by Crippen LogP contribution is -2.34. The molecule has 0 fully saturated rings. The predicted octanol–water partition coefficient (Wildman–Crippen LogP) is 4.54. The van der Waals surface area contributed by atoms with E-state index in [-0.39, 0.29) is 18.2 Å². The van der Waals surface area contributed by atoms with Crippen LogP contribution >= 0.6 is 0 Å². The number of carbonyl (C=O) groups is 1. The highest BCUT2D eigenvalue weighted by atomic mass is 16.5. The maximum atomic E-state index is 12.6. The van der Waals surface area contributed by atoms with Crippen molar-refractivity contribution in [3.05, 3.63) is 59.2 Å². The summed E-state index contributed by atoms with van der Waals surface area (Å²) in [7, 11) is 0. The Hall–Kier alpha value is -3.00. The average Bonchev–Trinajstić information content (AvgIpc) is 2.63. The van der Waals surface area contributed by atoms with Crippen molar-refractivity contribution < 1.29 is 9.53 Å². The van der Waals surface area contributed by atoms with E-state index in [0.29, 0.717) is 17.0 Å². The van der Waals surface area contributed by atoms with Crippen molar-refractivity contribution in [2.75, 3.05) is 5.32 Å². The lowest BCUT2D eigenvalue weighted by molar-refractivity contribution is 0.240. The van der Waals surface area contributed by atoms with Crippen molar-refractivity contribution in [2.45, 2.75) is 45.3 Å². The first-order valence-corrected chi connectivity index (χ1v) is 8.93. The van der Waals surface area contributed by atoms with Crippen molar-refractivity contribution in [1.29, 1.82) is 5.26 Å². The molecule has 3 rings (SSSR count). The molecule has 2 amide bonds. The number of anilines is 1. The maximum Gasteiger partial charge on any atom is 0.319 e. The minimum atomic E-state index is -0.296. The van der Waals surface area contributed by atoms with Gasteiger partial charge in [-0.25, -0.2) is 4.79 Å². The number of aryl methyl sites for hydroxylation is 1. The summed E-state index contributed by atoms with van der Waals surface area (Å²) in [5, 5.41) is 15.0. The predicted molar refractivity (Wildman–Crippen MR) is 101 cm³/mol. The summed E-state index contributed by atoms with van der Waals surface area (Å²) < 4.78 is 5.74. The zero-order valence-corrected chi connectivity index (χ0v) is 15.1. The third-order valence-corrected chi connectivity index (χ3v) is 4.39.